The largest absolute Gasteiger partial charge is 0.493 e. The van der Waals surface area contributed by atoms with Crippen molar-refractivity contribution < 1.29 is 14.6 Å². The molecule has 0 spiro atoms. The van der Waals surface area contributed by atoms with E-state index in [9.17, 15) is 9.90 Å². The number of hydrogen-bond acceptors (Lipinski definition) is 5. The molecule has 39 heavy (non-hydrogen) atoms. The van der Waals surface area contributed by atoms with Gasteiger partial charge in [0, 0.05) is 43.1 Å². The third-order valence-corrected chi connectivity index (χ3v) is 7.57. The maximum absolute atomic E-state index is 11.6. The Labute approximate surface area is 227 Å². The summed E-state index contributed by atoms with van der Waals surface area (Å²) in [5, 5.41) is 9.52. The van der Waals surface area contributed by atoms with Crippen molar-refractivity contribution in [2.24, 2.45) is 0 Å². The van der Waals surface area contributed by atoms with Crippen molar-refractivity contribution in [3.05, 3.63) is 102 Å². The number of pyridine rings is 1. The summed E-state index contributed by atoms with van der Waals surface area (Å²) in [5.41, 5.74) is 7.27. The lowest BCUT2D eigenvalue weighted by Crippen LogP contribution is -2.20. The normalized spacial score (nSPS) is 14.6. The van der Waals surface area contributed by atoms with Crippen LogP contribution in [0.15, 0.2) is 85.1 Å². The molecule has 2 aromatic heterocycles. The van der Waals surface area contributed by atoms with Crippen LogP contribution in [-0.2, 0) is 13.0 Å². The number of para-hydroxylation sites is 2. The van der Waals surface area contributed by atoms with Gasteiger partial charge in [0.15, 0.2) is 5.82 Å². The highest BCUT2D eigenvalue weighted by Crippen LogP contribution is 2.39. The van der Waals surface area contributed by atoms with E-state index in [4.69, 9.17) is 9.72 Å². The molecule has 3 aromatic carbocycles. The van der Waals surface area contributed by atoms with E-state index >= 15 is 0 Å². The van der Waals surface area contributed by atoms with Gasteiger partial charge < -0.3 is 19.3 Å². The summed E-state index contributed by atoms with van der Waals surface area (Å²) in [4.78, 5) is 23.1. The molecule has 1 N–H and O–H groups in total. The Morgan fingerprint density at radius 2 is 1.85 bits per heavy atom. The lowest BCUT2D eigenvalue weighted by atomic mass is 9.92. The van der Waals surface area contributed by atoms with Gasteiger partial charge in [-0.3, -0.25) is 4.98 Å². The summed E-state index contributed by atoms with van der Waals surface area (Å²) >= 11 is 0. The first-order chi connectivity index (χ1) is 19.0. The van der Waals surface area contributed by atoms with Crippen LogP contribution in [0.25, 0.3) is 22.6 Å². The number of rotatable bonds is 7. The minimum atomic E-state index is -0.984. The Kier molecular flexibility index (Phi) is 6.49. The van der Waals surface area contributed by atoms with Crippen LogP contribution in [0.2, 0.25) is 0 Å². The van der Waals surface area contributed by atoms with Crippen LogP contribution >= 0.6 is 0 Å². The van der Waals surface area contributed by atoms with Gasteiger partial charge in [0.2, 0.25) is 0 Å². The quantitative estimate of drug-likeness (QED) is 0.258. The molecule has 0 aliphatic carbocycles. The number of hydrogen-bond donors (Lipinski definition) is 1. The van der Waals surface area contributed by atoms with Crippen LogP contribution in [0.3, 0.4) is 0 Å². The molecule has 0 fully saturated rings. The molecule has 0 bridgehead atoms. The van der Waals surface area contributed by atoms with Gasteiger partial charge in [-0.1, -0.05) is 37.3 Å². The Bertz CT molecular complexity index is 1660. The van der Waals surface area contributed by atoms with Crippen molar-refractivity contribution in [1.82, 2.24) is 14.5 Å². The zero-order chi connectivity index (χ0) is 26.9. The summed E-state index contributed by atoms with van der Waals surface area (Å²) < 4.78 is 8.32. The van der Waals surface area contributed by atoms with Crippen molar-refractivity contribution in [1.29, 1.82) is 0 Å². The molecule has 1 aliphatic heterocycles. The molecule has 0 amide bonds. The topological polar surface area (TPSA) is 80.5 Å². The minimum Gasteiger partial charge on any atom is -0.493 e. The van der Waals surface area contributed by atoms with Gasteiger partial charge in [0.05, 0.1) is 23.2 Å². The number of aromatic nitrogens is 3. The van der Waals surface area contributed by atoms with E-state index in [1.807, 2.05) is 18.2 Å². The van der Waals surface area contributed by atoms with Crippen molar-refractivity contribution in [3.8, 4) is 17.3 Å². The molecule has 196 valence electrons. The number of carboxylic acids is 1. The van der Waals surface area contributed by atoms with Crippen LogP contribution in [0, 0.1) is 0 Å². The first kappa shape index (κ1) is 24.7. The first-order valence-corrected chi connectivity index (χ1v) is 13.3. The van der Waals surface area contributed by atoms with Crippen molar-refractivity contribution in [2.45, 2.75) is 32.2 Å². The Morgan fingerprint density at radius 1 is 1.05 bits per heavy atom. The average molecular weight is 519 g/mol. The zero-order valence-electron chi connectivity index (χ0n) is 22.0. The van der Waals surface area contributed by atoms with Gasteiger partial charge in [0.1, 0.15) is 11.4 Å². The lowest BCUT2D eigenvalue weighted by molar-refractivity contribution is 0.0696. The molecule has 0 saturated carbocycles. The number of ether oxygens (including phenoxy) is 1. The predicted octanol–water partition coefficient (Wildman–Crippen LogP) is 6.69. The van der Waals surface area contributed by atoms with Crippen LogP contribution in [0.5, 0.6) is 5.75 Å². The van der Waals surface area contributed by atoms with Gasteiger partial charge >= 0.3 is 5.97 Å². The predicted molar refractivity (Wildman–Crippen MR) is 153 cm³/mol. The second kappa shape index (κ2) is 10.3. The number of carbonyl (C=O) groups is 1. The molecule has 7 heteroatoms. The number of carboxylic acid groups (broad SMARTS) is 1. The van der Waals surface area contributed by atoms with Crippen molar-refractivity contribution >= 4 is 28.4 Å². The van der Waals surface area contributed by atoms with Gasteiger partial charge in [0.25, 0.3) is 0 Å². The van der Waals surface area contributed by atoms with E-state index in [1.54, 1.807) is 6.07 Å². The molecule has 1 unspecified atom stereocenters. The lowest BCUT2D eigenvalue weighted by Gasteiger charge is -2.29. The molecule has 7 nitrogen and oxygen atoms in total. The standard InChI is InChI=1S/C32H30N4O3/c1-3-21-8-10-24(11-9-21)35(2)25-12-13-26-23(15-17-39-30(26)19-25)20-36-29-7-5-4-6-27(29)34-31(36)28-18-22(32(37)38)14-16-33-28/h4-14,16,18-19,23H,3,15,17,20H2,1-2H3,(H,37,38). The molecular weight excluding hydrogens is 488 g/mol. The van der Waals surface area contributed by atoms with E-state index in [-0.39, 0.29) is 11.5 Å². The van der Waals surface area contributed by atoms with Crippen molar-refractivity contribution in [3.63, 3.8) is 0 Å². The monoisotopic (exact) mass is 518 g/mol. The maximum atomic E-state index is 11.6. The molecule has 0 radical (unpaired) electrons. The Balaban J connectivity index is 1.34. The summed E-state index contributed by atoms with van der Waals surface area (Å²) in [6.07, 6.45) is 3.42. The van der Waals surface area contributed by atoms with Crippen LogP contribution in [0.1, 0.15) is 40.7 Å². The Morgan fingerprint density at radius 3 is 2.64 bits per heavy atom. The fourth-order valence-electron chi connectivity index (χ4n) is 5.32. The van der Waals surface area contributed by atoms with E-state index in [1.165, 1.54) is 17.8 Å². The number of nitrogens with zero attached hydrogens (tertiary/aromatic N) is 4. The Hall–Kier alpha value is -4.65. The number of aryl methyl sites for hydroxylation is 1. The van der Waals surface area contributed by atoms with Gasteiger partial charge in [-0.15, -0.1) is 0 Å². The molecule has 5 aromatic rings. The smallest absolute Gasteiger partial charge is 0.335 e. The number of fused-ring (bicyclic) bond motifs is 2. The number of imidazole rings is 1. The number of aromatic carboxylic acids is 1. The summed E-state index contributed by atoms with van der Waals surface area (Å²) in [5.74, 6) is 0.787. The second-order valence-electron chi connectivity index (χ2n) is 9.90. The SMILES string of the molecule is CCc1ccc(N(C)c2ccc3c(c2)OCCC3Cn2c(-c3cc(C(=O)O)ccn3)nc3ccccc32)cc1. The summed E-state index contributed by atoms with van der Waals surface area (Å²) in [6, 6.07) is 26.2. The number of anilines is 2. The van der Waals surface area contributed by atoms with Crippen molar-refractivity contribution in [2.75, 3.05) is 18.6 Å². The van der Waals surface area contributed by atoms with E-state index < -0.39 is 5.97 Å². The fourth-order valence-corrected chi connectivity index (χ4v) is 5.32. The van der Waals surface area contributed by atoms with E-state index in [0.717, 1.165) is 46.6 Å². The van der Waals surface area contributed by atoms with Crippen LogP contribution in [-0.4, -0.2) is 39.3 Å². The van der Waals surface area contributed by atoms with E-state index in [2.05, 4.69) is 77.0 Å². The highest BCUT2D eigenvalue weighted by Gasteiger charge is 2.25. The highest BCUT2D eigenvalue weighted by atomic mass is 16.5. The molecular formula is C32H30N4O3. The van der Waals surface area contributed by atoms with Gasteiger partial charge in [-0.25, -0.2) is 9.78 Å². The highest BCUT2D eigenvalue weighted by molar-refractivity contribution is 5.89. The maximum Gasteiger partial charge on any atom is 0.335 e. The second-order valence-corrected chi connectivity index (χ2v) is 9.90. The van der Waals surface area contributed by atoms with Gasteiger partial charge in [-0.05, 0) is 66.4 Å². The molecule has 0 saturated heterocycles. The summed E-state index contributed by atoms with van der Waals surface area (Å²) in [7, 11) is 2.07. The zero-order valence-corrected chi connectivity index (χ0v) is 22.0. The van der Waals surface area contributed by atoms with E-state index in [0.29, 0.717) is 24.7 Å². The molecule has 1 aliphatic rings. The third-order valence-electron chi connectivity index (χ3n) is 7.57. The molecule has 1 atom stereocenters. The third kappa shape index (κ3) is 4.72. The van der Waals surface area contributed by atoms with Crippen LogP contribution < -0.4 is 9.64 Å². The average Bonchev–Trinajstić information content (AvgIpc) is 3.35. The number of benzene rings is 3. The molecule has 3 heterocycles. The minimum absolute atomic E-state index is 0.191. The fraction of sp³-hybridized carbons (Fsp3) is 0.219. The molecule has 6 rings (SSSR count). The van der Waals surface area contributed by atoms with Gasteiger partial charge in [-0.2, -0.15) is 0 Å². The summed E-state index contributed by atoms with van der Waals surface area (Å²) in [6.45, 7) is 3.47. The first-order valence-electron chi connectivity index (χ1n) is 13.3. The van der Waals surface area contributed by atoms with Crippen LogP contribution in [0.4, 0.5) is 11.4 Å².